The zero-order valence-corrected chi connectivity index (χ0v) is 15.2. The quantitative estimate of drug-likeness (QED) is 0.837. The molecule has 0 aromatic heterocycles. The second kappa shape index (κ2) is 5.58. The van der Waals surface area contributed by atoms with Crippen molar-refractivity contribution in [1.29, 1.82) is 0 Å². The zero-order valence-electron chi connectivity index (χ0n) is 14.4. The molecule has 0 unspecified atom stereocenters. The average Bonchev–Trinajstić information content (AvgIpc) is 3.26. The molecule has 0 N–H and O–H groups in total. The van der Waals surface area contributed by atoms with Crippen LogP contribution in [0, 0.1) is 5.92 Å². The number of fused-ring (bicyclic) bond motifs is 2. The lowest BCUT2D eigenvalue weighted by Gasteiger charge is -2.21. The van der Waals surface area contributed by atoms with E-state index < -0.39 is 10.0 Å². The topological polar surface area (TPSA) is 57.7 Å². The first-order valence-corrected chi connectivity index (χ1v) is 10.5. The Kier molecular flexibility index (Phi) is 3.41. The van der Waals surface area contributed by atoms with Gasteiger partial charge in [0.25, 0.3) is 10.0 Å². The van der Waals surface area contributed by atoms with Crippen LogP contribution in [0.5, 0.6) is 0 Å². The van der Waals surface area contributed by atoms with Crippen molar-refractivity contribution in [2.75, 3.05) is 22.3 Å². The lowest BCUT2D eigenvalue weighted by molar-refractivity contribution is -0.119. The van der Waals surface area contributed by atoms with E-state index in [1.165, 1.54) is 4.31 Å². The summed E-state index contributed by atoms with van der Waals surface area (Å²) < 4.78 is 27.9. The molecule has 1 amide bonds. The monoisotopic (exact) mass is 368 g/mol. The number of hydrogen-bond acceptors (Lipinski definition) is 3. The highest BCUT2D eigenvalue weighted by Crippen LogP contribution is 2.38. The van der Waals surface area contributed by atoms with E-state index in [9.17, 15) is 13.2 Å². The lowest BCUT2D eigenvalue weighted by atomic mass is 10.2. The van der Waals surface area contributed by atoms with E-state index in [4.69, 9.17) is 0 Å². The molecule has 0 atom stereocenters. The normalized spacial score (nSPS) is 18.8. The van der Waals surface area contributed by atoms with Gasteiger partial charge in [0, 0.05) is 24.7 Å². The Morgan fingerprint density at radius 2 is 1.69 bits per heavy atom. The molecule has 1 fully saturated rings. The molecule has 2 aromatic rings. The largest absolute Gasteiger partial charge is 0.312 e. The van der Waals surface area contributed by atoms with Crippen LogP contribution in [0.15, 0.2) is 47.4 Å². The molecular formula is C20H20N2O3S. The molecule has 3 aliphatic rings. The summed E-state index contributed by atoms with van der Waals surface area (Å²) in [6.45, 7) is 1.13. The molecule has 1 saturated carbocycles. The number of rotatable bonds is 3. The van der Waals surface area contributed by atoms with Crippen LogP contribution in [0.3, 0.4) is 0 Å². The van der Waals surface area contributed by atoms with Gasteiger partial charge >= 0.3 is 0 Å². The number of carbonyl (C=O) groups excluding carboxylic acids is 1. The predicted octanol–water partition coefficient (Wildman–Crippen LogP) is 2.74. The van der Waals surface area contributed by atoms with E-state index in [1.54, 1.807) is 18.2 Å². The standard InChI is InChI=1S/C20H20N2O3S/c23-20(15-5-6-15)21-11-9-16-13-17(7-8-18(16)21)26(24,25)22-12-10-14-3-1-2-4-19(14)22/h1-4,7-8,13,15H,5-6,9-12H2. The van der Waals surface area contributed by atoms with Gasteiger partial charge in [-0.25, -0.2) is 8.42 Å². The maximum Gasteiger partial charge on any atom is 0.264 e. The van der Waals surface area contributed by atoms with E-state index in [2.05, 4.69) is 0 Å². The Morgan fingerprint density at radius 3 is 2.50 bits per heavy atom. The summed E-state index contributed by atoms with van der Waals surface area (Å²) in [5.41, 5.74) is 3.67. The molecule has 1 aliphatic carbocycles. The summed E-state index contributed by atoms with van der Waals surface area (Å²) in [6, 6.07) is 12.9. The van der Waals surface area contributed by atoms with Gasteiger partial charge in [0.1, 0.15) is 0 Å². The summed E-state index contributed by atoms with van der Waals surface area (Å²) in [6.07, 6.45) is 3.41. The maximum atomic E-state index is 13.2. The van der Waals surface area contributed by atoms with Crippen molar-refractivity contribution in [3.05, 3.63) is 53.6 Å². The molecular weight excluding hydrogens is 348 g/mol. The Balaban J connectivity index is 1.49. The fraction of sp³-hybridized carbons (Fsp3) is 0.350. The molecule has 2 aromatic carbocycles. The minimum Gasteiger partial charge on any atom is -0.312 e. The van der Waals surface area contributed by atoms with Gasteiger partial charge in [0.2, 0.25) is 5.91 Å². The van der Waals surface area contributed by atoms with Crippen molar-refractivity contribution >= 4 is 27.3 Å². The molecule has 0 spiro atoms. The summed E-state index contributed by atoms with van der Waals surface area (Å²) in [4.78, 5) is 14.5. The third-order valence-corrected chi connectivity index (χ3v) is 7.38. The van der Waals surface area contributed by atoms with Gasteiger partial charge < -0.3 is 4.90 Å². The van der Waals surface area contributed by atoms with Crippen LogP contribution in [0.4, 0.5) is 11.4 Å². The number of hydrogen-bond donors (Lipinski definition) is 0. The summed E-state index contributed by atoms with van der Waals surface area (Å²) >= 11 is 0. The van der Waals surface area contributed by atoms with Crippen molar-refractivity contribution in [3.63, 3.8) is 0 Å². The van der Waals surface area contributed by atoms with Gasteiger partial charge in [-0.1, -0.05) is 18.2 Å². The number of benzene rings is 2. The van der Waals surface area contributed by atoms with Gasteiger partial charge in [-0.15, -0.1) is 0 Å². The molecule has 0 radical (unpaired) electrons. The van der Waals surface area contributed by atoms with Crippen LogP contribution >= 0.6 is 0 Å². The Labute approximate surface area is 153 Å². The molecule has 2 aliphatic heterocycles. The van der Waals surface area contributed by atoms with Crippen LogP contribution < -0.4 is 9.21 Å². The highest BCUT2D eigenvalue weighted by atomic mass is 32.2. The van der Waals surface area contributed by atoms with Crippen LogP contribution in [0.1, 0.15) is 24.0 Å². The second-order valence-electron chi connectivity index (χ2n) is 7.26. The number of carbonyl (C=O) groups is 1. The highest BCUT2D eigenvalue weighted by Gasteiger charge is 2.37. The first-order valence-electron chi connectivity index (χ1n) is 9.11. The molecule has 0 bridgehead atoms. The molecule has 2 heterocycles. The van der Waals surface area contributed by atoms with Gasteiger partial charge in [-0.3, -0.25) is 9.10 Å². The number of sulfonamides is 1. The second-order valence-corrected chi connectivity index (χ2v) is 9.12. The van der Waals surface area contributed by atoms with Gasteiger partial charge in [0.15, 0.2) is 0 Å². The first-order chi connectivity index (χ1) is 12.6. The van der Waals surface area contributed by atoms with Crippen molar-refractivity contribution in [2.24, 2.45) is 5.92 Å². The van der Waals surface area contributed by atoms with E-state index in [0.717, 1.165) is 41.8 Å². The van der Waals surface area contributed by atoms with Gasteiger partial charge in [0.05, 0.1) is 10.6 Å². The minimum absolute atomic E-state index is 0.172. The van der Waals surface area contributed by atoms with Crippen molar-refractivity contribution < 1.29 is 13.2 Å². The maximum absolute atomic E-state index is 13.2. The minimum atomic E-state index is -3.59. The third-order valence-electron chi connectivity index (χ3n) is 5.57. The number of para-hydroxylation sites is 1. The summed E-state index contributed by atoms with van der Waals surface area (Å²) in [5, 5.41) is 0. The van der Waals surface area contributed by atoms with Crippen molar-refractivity contribution in [1.82, 2.24) is 0 Å². The smallest absolute Gasteiger partial charge is 0.264 e. The van der Waals surface area contributed by atoms with E-state index in [-0.39, 0.29) is 11.8 Å². The fourth-order valence-electron chi connectivity index (χ4n) is 4.00. The Morgan fingerprint density at radius 1 is 0.923 bits per heavy atom. The molecule has 134 valence electrons. The molecule has 5 rings (SSSR count). The molecule has 0 saturated heterocycles. The third kappa shape index (κ3) is 2.35. The van der Waals surface area contributed by atoms with E-state index >= 15 is 0 Å². The predicted molar refractivity (Wildman–Crippen MR) is 99.9 cm³/mol. The SMILES string of the molecule is O=C(C1CC1)N1CCc2cc(S(=O)(=O)N3CCc4ccccc43)ccc21. The summed E-state index contributed by atoms with van der Waals surface area (Å²) in [7, 11) is -3.59. The Hall–Kier alpha value is -2.34. The highest BCUT2D eigenvalue weighted by molar-refractivity contribution is 7.92. The lowest BCUT2D eigenvalue weighted by Crippen LogP contribution is -2.30. The molecule has 5 nitrogen and oxygen atoms in total. The van der Waals surface area contributed by atoms with Crippen molar-refractivity contribution in [2.45, 2.75) is 30.6 Å². The Bertz CT molecular complexity index is 1010. The number of anilines is 2. The van der Waals surface area contributed by atoms with Crippen LogP contribution in [0.2, 0.25) is 0 Å². The molecule has 6 heteroatoms. The first kappa shape index (κ1) is 15.9. The van der Waals surface area contributed by atoms with Crippen LogP contribution in [0.25, 0.3) is 0 Å². The molecule has 26 heavy (non-hydrogen) atoms. The van der Waals surface area contributed by atoms with Crippen LogP contribution in [-0.2, 0) is 27.7 Å². The average molecular weight is 368 g/mol. The van der Waals surface area contributed by atoms with Gasteiger partial charge in [-0.05, 0) is 61.1 Å². The van der Waals surface area contributed by atoms with Crippen molar-refractivity contribution in [3.8, 4) is 0 Å². The van der Waals surface area contributed by atoms with E-state index in [1.807, 2.05) is 29.2 Å². The number of amides is 1. The van der Waals surface area contributed by atoms with Crippen LogP contribution in [-0.4, -0.2) is 27.4 Å². The van der Waals surface area contributed by atoms with E-state index in [0.29, 0.717) is 24.4 Å². The van der Waals surface area contributed by atoms with Gasteiger partial charge in [-0.2, -0.15) is 0 Å². The zero-order chi connectivity index (χ0) is 17.9. The fourth-order valence-corrected chi connectivity index (χ4v) is 5.56. The number of nitrogens with zero attached hydrogens (tertiary/aromatic N) is 2. The summed E-state index contributed by atoms with van der Waals surface area (Å²) in [5.74, 6) is 0.360.